The number of rotatable bonds is 0. The molecule has 1 fully saturated rings. The van der Waals surface area contributed by atoms with Crippen LogP contribution in [0.4, 0.5) is 0 Å². The Labute approximate surface area is 85.5 Å². The zero-order chi connectivity index (χ0) is 11.3. The largest absolute Gasteiger partial charge is 0.393 e. The summed E-state index contributed by atoms with van der Waals surface area (Å²) < 4.78 is 8.74. The maximum absolute atomic E-state index is 10.9. The highest BCUT2D eigenvalue weighted by Crippen LogP contribution is 2.05. The van der Waals surface area contributed by atoms with Crippen LogP contribution in [0.3, 0.4) is 0 Å². The Bertz CT molecular complexity index is 276. The highest BCUT2D eigenvalue weighted by Gasteiger charge is 2.18. The molecule has 0 spiro atoms. The van der Waals surface area contributed by atoms with Crippen LogP contribution in [0.15, 0.2) is 0 Å². The van der Waals surface area contributed by atoms with Crippen LogP contribution in [0.2, 0.25) is 0 Å². The average Bonchev–Trinajstić information content (AvgIpc) is 2.15. The van der Waals surface area contributed by atoms with Crippen molar-refractivity contribution >= 4 is 23.9 Å². The number of hydrogen-bond donors (Lipinski definition) is 0. The van der Waals surface area contributed by atoms with Crippen molar-refractivity contribution in [1.29, 1.82) is 0 Å². The van der Waals surface area contributed by atoms with Gasteiger partial charge in [0.15, 0.2) is 0 Å². The molecule has 6 heteroatoms. The maximum Gasteiger partial charge on any atom is 0.314 e. The molecule has 82 valence electrons. The van der Waals surface area contributed by atoms with E-state index in [1.54, 1.807) is 0 Å². The molecule has 0 aromatic heterocycles. The molecule has 1 rings (SSSR count). The lowest BCUT2D eigenvalue weighted by Gasteiger charge is -1.99. The molecule has 0 saturated carbocycles. The molecule has 0 aliphatic carbocycles. The number of carbonyl (C=O) groups excluding carboxylic acids is 4. The van der Waals surface area contributed by atoms with Crippen LogP contribution in [0.5, 0.6) is 0 Å². The lowest BCUT2D eigenvalue weighted by molar-refractivity contribution is -0.163. The minimum Gasteiger partial charge on any atom is -0.393 e. The predicted octanol–water partition coefficient (Wildman–Crippen LogP) is 0.0901. The number of carbonyl (C=O) groups is 4. The van der Waals surface area contributed by atoms with Gasteiger partial charge >= 0.3 is 23.9 Å². The van der Waals surface area contributed by atoms with Crippen molar-refractivity contribution in [3.8, 4) is 0 Å². The van der Waals surface area contributed by atoms with E-state index in [2.05, 4.69) is 9.47 Å². The standard InChI is InChI=1S/C9H10O6/c10-6-2-1-3-7(11)15-9(13)5-4-8(12)14-6/h1-5H2. The summed E-state index contributed by atoms with van der Waals surface area (Å²) in [5, 5.41) is 0. The zero-order valence-electron chi connectivity index (χ0n) is 7.99. The Morgan fingerprint density at radius 2 is 0.933 bits per heavy atom. The minimum atomic E-state index is -0.772. The van der Waals surface area contributed by atoms with Gasteiger partial charge in [-0.3, -0.25) is 19.2 Å². The van der Waals surface area contributed by atoms with Crippen LogP contribution < -0.4 is 0 Å². The van der Waals surface area contributed by atoms with Crippen molar-refractivity contribution in [1.82, 2.24) is 0 Å². The summed E-state index contributed by atoms with van der Waals surface area (Å²) in [6, 6.07) is 0. The fraction of sp³-hybridized carbons (Fsp3) is 0.556. The summed E-state index contributed by atoms with van der Waals surface area (Å²) in [7, 11) is 0. The van der Waals surface area contributed by atoms with Crippen molar-refractivity contribution in [3.63, 3.8) is 0 Å². The van der Waals surface area contributed by atoms with Gasteiger partial charge in [-0.05, 0) is 6.42 Å². The van der Waals surface area contributed by atoms with Gasteiger partial charge in [0.25, 0.3) is 0 Å². The summed E-state index contributed by atoms with van der Waals surface area (Å²) in [5.41, 5.74) is 0. The molecule has 0 N–H and O–H groups in total. The smallest absolute Gasteiger partial charge is 0.314 e. The second kappa shape index (κ2) is 5.23. The Morgan fingerprint density at radius 3 is 1.33 bits per heavy atom. The van der Waals surface area contributed by atoms with Crippen molar-refractivity contribution < 1.29 is 28.7 Å². The number of cyclic esters (lactones) is 4. The van der Waals surface area contributed by atoms with E-state index in [0.717, 1.165) is 0 Å². The van der Waals surface area contributed by atoms with E-state index in [1.165, 1.54) is 0 Å². The van der Waals surface area contributed by atoms with E-state index in [-0.39, 0.29) is 32.1 Å². The summed E-state index contributed by atoms with van der Waals surface area (Å²) in [5.74, 6) is -2.90. The molecule has 15 heavy (non-hydrogen) atoms. The lowest BCUT2D eigenvalue weighted by Crippen LogP contribution is -2.14. The predicted molar refractivity (Wildman–Crippen MR) is 45.3 cm³/mol. The second-order valence-corrected chi connectivity index (χ2v) is 3.05. The van der Waals surface area contributed by atoms with Crippen molar-refractivity contribution in [2.75, 3.05) is 0 Å². The quantitative estimate of drug-likeness (QED) is 0.419. The third-order valence-electron chi connectivity index (χ3n) is 1.75. The van der Waals surface area contributed by atoms with E-state index in [0.29, 0.717) is 0 Å². The minimum absolute atomic E-state index is 0.0327. The SMILES string of the molecule is O=C1CCCC(=O)OC(=O)CCC(=O)O1. The molecule has 0 aromatic carbocycles. The van der Waals surface area contributed by atoms with Gasteiger partial charge in [-0.2, -0.15) is 0 Å². The Morgan fingerprint density at radius 1 is 0.600 bits per heavy atom. The normalized spacial score (nSPS) is 20.3. The number of ether oxygens (including phenoxy) is 2. The molecule has 0 bridgehead atoms. The van der Waals surface area contributed by atoms with Gasteiger partial charge in [0, 0.05) is 12.8 Å². The van der Waals surface area contributed by atoms with E-state index in [4.69, 9.17) is 0 Å². The maximum atomic E-state index is 10.9. The Kier molecular flexibility index (Phi) is 3.96. The molecule has 6 nitrogen and oxygen atoms in total. The first-order chi connectivity index (χ1) is 7.08. The summed E-state index contributed by atoms with van der Waals surface area (Å²) >= 11 is 0. The van der Waals surface area contributed by atoms with Crippen molar-refractivity contribution in [2.24, 2.45) is 0 Å². The topological polar surface area (TPSA) is 86.7 Å². The van der Waals surface area contributed by atoms with Crippen LogP contribution in [-0.2, 0) is 28.7 Å². The molecule has 0 atom stereocenters. The van der Waals surface area contributed by atoms with Crippen molar-refractivity contribution in [2.45, 2.75) is 32.1 Å². The van der Waals surface area contributed by atoms with Crippen LogP contribution in [-0.4, -0.2) is 23.9 Å². The van der Waals surface area contributed by atoms with E-state index < -0.39 is 23.9 Å². The summed E-state index contributed by atoms with van der Waals surface area (Å²) in [6.45, 7) is 0. The molecule has 0 aromatic rings. The molecule has 1 heterocycles. The van der Waals surface area contributed by atoms with E-state index >= 15 is 0 Å². The molecule has 1 aliphatic heterocycles. The highest BCUT2D eigenvalue weighted by atomic mass is 16.6. The first-order valence-electron chi connectivity index (χ1n) is 4.55. The highest BCUT2D eigenvalue weighted by molar-refractivity contribution is 5.90. The van der Waals surface area contributed by atoms with Crippen LogP contribution in [0.1, 0.15) is 32.1 Å². The molecule has 0 radical (unpaired) electrons. The van der Waals surface area contributed by atoms with Gasteiger partial charge < -0.3 is 9.47 Å². The number of esters is 4. The zero-order valence-corrected chi connectivity index (χ0v) is 7.99. The summed E-state index contributed by atoms with van der Waals surface area (Å²) in [6.07, 6.45) is -0.363. The van der Waals surface area contributed by atoms with Gasteiger partial charge in [-0.25, -0.2) is 0 Å². The van der Waals surface area contributed by atoms with Gasteiger partial charge in [-0.1, -0.05) is 0 Å². The lowest BCUT2D eigenvalue weighted by atomic mass is 10.2. The van der Waals surface area contributed by atoms with Gasteiger partial charge in [0.2, 0.25) is 0 Å². The fourth-order valence-electron chi connectivity index (χ4n) is 1.04. The number of hydrogen-bond acceptors (Lipinski definition) is 6. The molecule has 0 unspecified atom stereocenters. The molecule has 1 saturated heterocycles. The van der Waals surface area contributed by atoms with Crippen molar-refractivity contribution in [3.05, 3.63) is 0 Å². The average molecular weight is 214 g/mol. The molecule has 1 aliphatic rings. The Balaban J connectivity index is 2.58. The Hall–Kier alpha value is -1.72. The van der Waals surface area contributed by atoms with Crippen LogP contribution in [0, 0.1) is 0 Å². The third-order valence-corrected chi connectivity index (χ3v) is 1.75. The van der Waals surface area contributed by atoms with Crippen LogP contribution in [0.25, 0.3) is 0 Å². The second-order valence-electron chi connectivity index (χ2n) is 3.05. The molecular formula is C9H10O6. The van der Waals surface area contributed by atoms with E-state index in [1.807, 2.05) is 0 Å². The van der Waals surface area contributed by atoms with Gasteiger partial charge in [-0.15, -0.1) is 0 Å². The van der Waals surface area contributed by atoms with E-state index in [9.17, 15) is 19.2 Å². The third kappa shape index (κ3) is 4.35. The van der Waals surface area contributed by atoms with Gasteiger partial charge in [0.1, 0.15) is 0 Å². The molecular weight excluding hydrogens is 204 g/mol. The molecule has 0 amide bonds. The first-order valence-corrected chi connectivity index (χ1v) is 4.55. The van der Waals surface area contributed by atoms with Gasteiger partial charge in [0.05, 0.1) is 12.8 Å². The fourth-order valence-corrected chi connectivity index (χ4v) is 1.04. The first kappa shape index (κ1) is 11.4. The van der Waals surface area contributed by atoms with Crippen LogP contribution >= 0.6 is 0 Å². The monoisotopic (exact) mass is 214 g/mol. The summed E-state index contributed by atoms with van der Waals surface area (Å²) in [4.78, 5) is 43.7.